The number of aliphatic hydroxyl groups excluding tert-OH is 1. The lowest BCUT2D eigenvalue weighted by atomic mass is 9.95. The molecule has 0 spiro atoms. The van der Waals surface area contributed by atoms with E-state index in [1.807, 2.05) is 27.9 Å². The number of rotatable bonds is 3. The summed E-state index contributed by atoms with van der Waals surface area (Å²) in [5, 5.41) is 9.53. The number of aliphatic hydroxyl groups is 1. The van der Waals surface area contributed by atoms with Gasteiger partial charge in [0.1, 0.15) is 6.23 Å². The van der Waals surface area contributed by atoms with Gasteiger partial charge in [-0.15, -0.1) is 12.3 Å². The highest BCUT2D eigenvalue weighted by molar-refractivity contribution is 4.94. The van der Waals surface area contributed by atoms with Gasteiger partial charge in [0.15, 0.2) is 0 Å². The lowest BCUT2D eigenvalue weighted by Crippen LogP contribution is -2.36. The van der Waals surface area contributed by atoms with E-state index in [0.29, 0.717) is 0 Å². The topological polar surface area (TPSA) is 23.5 Å². The molecule has 0 rings (SSSR count). The van der Waals surface area contributed by atoms with Gasteiger partial charge in [-0.05, 0) is 14.1 Å². The highest BCUT2D eigenvalue weighted by atomic mass is 16.3. The summed E-state index contributed by atoms with van der Waals surface area (Å²) in [6.07, 6.45) is 4.79. The Bertz CT molecular complexity index is 148. The SMILES string of the molecule is C#CC(C)C(C)C(O)N(C)C. The molecule has 0 heterocycles. The third-order valence-electron chi connectivity index (χ3n) is 2.05. The molecule has 3 atom stereocenters. The Balaban J connectivity index is 4.03. The molecule has 0 aliphatic carbocycles. The monoisotopic (exact) mass is 155 g/mol. The van der Waals surface area contributed by atoms with Crippen LogP contribution in [0.5, 0.6) is 0 Å². The zero-order chi connectivity index (χ0) is 9.02. The van der Waals surface area contributed by atoms with Gasteiger partial charge in [-0.1, -0.05) is 13.8 Å². The number of terminal acetylenes is 1. The van der Waals surface area contributed by atoms with Crippen LogP contribution in [0.2, 0.25) is 0 Å². The van der Waals surface area contributed by atoms with E-state index in [1.165, 1.54) is 0 Å². The van der Waals surface area contributed by atoms with Crippen molar-refractivity contribution in [2.75, 3.05) is 14.1 Å². The van der Waals surface area contributed by atoms with E-state index in [0.717, 1.165) is 0 Å². The normalized spacial score (nSPS) is 19.0. The molecule has 2 nitrogen and oxygen atoms in total. The first-order valence-corrected chi connectivity index (χ1v) is 3.81. The van der Waals surface area contributed by atoms with Crippen LogP contribution in [0.25, 0.3) is 0 Å². The molecule has 0 aliphatic heterocycles. The van der Waals surface area contributed by atoms with Crippen LogP contribution in [-0.4, -0.2) is 30.3 Å². The molecule has 0 saturated carbocycles. The number of nitrogens with zero attached hydrogens (tertiary/aromatic N) is 1. The highest BCUT2D eigenvalue weighted by Gasteiger charge is 2.20. The van der Waals surface area contributed by atoms with Crippen molar-refractivity contribution in [2.45, 2.75) is 20.1 Å². The third kappa shape index (κ3) is 2.92. The molecule has 0 aromatic heterocycles. The predicted octanol–water partition coefficient (Wildman–Crippen LogP) is 0.772. The van der Waals surface area contributed by atoms with Gasteiger partial charge in [0.05, 0.1) is 0 Å². The van der Waals surface area contributed by atoms with Crippen molar-refractivity contribution in [3.05, 3.63) is 0 Å². The molecule has 0 aromatic carbocycles. The van der Waals surface area contributed by atoms with Gasteiger partial charge in [-0.2, -0.15) is 0 Å². The lowest BCUT2D eigenvalue weighted by Gasteiger charge is -2.26. The summed E-state index contributed by atoms with van der Waals surface area (Å²) in [6, 6.07) is 0. The van der Waals surface area contributed by atoms with E-state index in [2.05, 4.69) is 5.92 Å². The van der Waals surface area contributed by atoms with Crippen molar-refractivity contribution in [3.8, 4) is 12.3 Å². The Hall–Kier alpha value is -0.520. The second-order valence-corrected chi connectivity index (χ2v) is 3.19. The second kappa shape index (κ2) is 4.38. The molecule has 1 N–H and O–H groups in total. The first kappa shape index (κ1) is 10.5. The van der Waals surface area contributed by atoms with Gasteiger partial charge in [0, 0.05) is 11.8 Å². The average Bonchev–Trinajstić information content (AvgIpc) is 2.00. The molecule has 0 bridgehead atoms. The molecule has 64 valence electrons. The molecule has 0 aromatic rings. The second-order valence-electron chi connectivity index (χ2n) is 3.19. The Morgan fingerprint density at radius 3 is 2.09 bits per heavy atom. The summed E-state index contributed by atoms with van der Waals surface area (Å²) in [4.78, 5) is 1.76. The number of hydrogen-bond acceptors (Lipinski definition) is 2. The van der Waals surface area contributed by atoms with Gasteiger partial charge in [0.25, 0.3) is 0 Å². The van der Waals surface area contributed by atoms with Gasteiger partial charge in [-0.3, -0.25) is 4.90 Å². The smallest absolute Gasteiger partial charge is 0.110 e. The molecule has 3 unspecified atom stereocenters. The lowest BCUT2D eigenvalue weighted by molar-refractivity contribution is -0.0141. The summed E-state index contributed by atoms with van der Waals surface area (Å²) in [7, 11) is 3.68. The van der Waals surface area contributed by atoms with Crippen LogP contribution in [0.15, 0.2) is 0 Å². The average molecular weight is 155 g/mol. The minimum atomic E-state index is -0.443. The Morgan fingerprint density at radius 1 is 1.36 bits per heavy atom. The summed E-state index contributed by atoms with van der Waals surface area (Å²) in [5.41, 5.74) is 0. The van der Waals surface area contributed by atoms with E-state index in [4.69, 9.17) is 6.42 Å². The molecule has 2 heteroatoms. The van der Waals surface area contributed by atoms with Gasteiger partial charge >= 0.3 is 0 Å². The minimum absolute atomic E-state index is 0.118. The van der Waals surface area contributed by atoms with Crippen LogP contribution < -0.4 is 0 Å². The molecule has 11 heavy (non-hydrogen) atoms. The fourth-order valence-electron chi connectivity index (χ4n) is 0.880. The zero-order valence-electron chi connectivity index (χ0n) is 7.70. The first-order valence-electron chi connectivity index (χ1n) is 3.81. The van der Waals surface area contributed by atoms with Crippen LogP contribution in [-0.2, 0) is 0 Å². The molecule has 0 fully saturated rings. The van der Waals surface area contributed by atoms with E-state index in [-0.39, 0.29) is 11.8 Å². The van der Waals surface area contributed by atoms with Crippen molar-refractivity contribution in [2.24, 2.45) is 11.8 Å². The maximum atomic E-state index is 9.53. The standard InChI is InChI=1S/C9H17NO/c1-6-7(2)8(3)9(11)10(4)5/h1,7-9,11H,2-5H3. The highest BCUT2D eigenvalue weighted by Crippen LogP contribution is 2.15. The molecule has 0 saturated heterocycles. The maximum Gasteiger partial charge on any atom is 0.110 e. The summed E-state index contributed by atoms with van der Waals surface area (Å²) < 4.78 is 0. The molecular formula is C9H17NO. The van der Waals surface area contributed by atoms with Crippen molar-refractivity contribution < 1.29 is 5.11 Å². The van der Waals surface area contributed by atoms with Crippen molar-refractivity contribution in [3.63, 3.8) is 0 Å². The predicted molar refractivity (Wildman–Crippen MR) is 46.9 cm³/mol. The van der Waals surface area contributed by atoms with Crippen LogP contribution in [0.4, 0.5) is 0 Å². The minimum Gasteiger partial charge on any atom is -0.378 e. The third-order valence-corrected chi connectivity index (χ3v) is 2.05. The van der Waals surface area contributed by atoms with Crippen molar-refractivity contribution >= 4 is 0 Å². The fourth-order valence-corrected chi connectivity index (χ4v) is 0.880. The van der Waals surface area contributed by atoms with Crippen LogP contribution in [0, 0.1) is 24.2 Å². The van der Waals surface area contributed by atoms with Gasteiger partial charge in [0.2, 0.25) is 0 Å². The van der Waals surface area contributed by atoms with Crippen LogP contribution >= 0.6 is 0 Å². The van der Waals surface area contributed by atoms with E-state index >= 15 is 0 Å². The quantitative estimate of drug-likeness (QED) is 0.481. The van der Waals surface area contributed by atoms with E-state index in [9.17, 15) is 5.11 Å². The van der Waals surface area contributed by atoms with E-state index in [1.54, 1.807) is 4.90 Å². The fraction of sp³-hybridized carbons (Fsp3) is 0.778. The largest absolute Gasteiger partial charge is 0.378 e. The Labute approximate surface area is 69.2 Å². The first-order chi connectivity index (χ1) is 5.00. The zero-order valence-corrected chi connectivity index (χ0v) is 7.70. The maximum absolute atomic E-state index is 9.53. The molecular weight excluding hydrogens is 138 g/mol. The Morgan fingerprint density at radius 2 is 1.82 bits per heavy atom. The van der Waals surface area contributed by atoms with Crippen molar-refractivity contribution in [1.29, 1.82) is 0 Å². The van der Waals surface area contributed by atoms with E-state index < -0.39 is 6.23 Å². The molecule has 0 radical (unpaired) electrons. The number of hydrogen-bond donors (Lipinski definition) is 1. The molecule has 0 amide bonds. The van der Waals surface area contributed by atoms with Crippen molar-refractivity contribution in [1.82, 2.24) is 4.90 Å². The van der Waals surface area contributed by atoms with Gasteiger partial charge < -0.3 is 5.11 Å². The summed E-state index contributed by atoms with van der Waals surface area (Å²) in [5.74, 6) is 2.85. The summed E-state index contributed by atoms with van der Waals surface area (Å²) in [6.45, 7) is 3.90. The summed E-state index contributed by atoms with van der Waals surface area (Å²) >= 11 is 0. The Kier molecular flexibility index (Phi) is 4.17. The van der Waals surface area contributed by atoms with Crippen LogP contribution in [0.1, 0.15) is 13.8 Å². The van der Waals surface area contributed by atoms with Gasteiger partial charge in [-0.25, -0.2) is 0 Å². The molecule has 0 aliphatic rings. The van der Waals surface area contributed by atoms with Crippen LogP contribution in [0.3, 0.4) is 0 Å².